The lowest BCUT2D eigenvalue weighted by molar-refractivity contribution is -0.121. The molecule has 2 rings (SSSR count). The van der Waals surface area contributed by atoms with Crippen molar-refractivity contribution in [1.82, 2.24) is 10.6 Å². The summed E-state index contributed by atoms with van der Waals surface area (Å²) in [5, 5.41) is 7.39. The zero-order valence-electron chi connectivity index (χ0n) is 14.1. The van der Waals surface area contributed by atoms with E-state index in [4.69, 9.17) is 5.73 Å². The van der Waals surface area contributed by atoms with Gasteiger partial charge in [0.2, 0.25) is 5.91 Å². The third-order valence-corrected chi connectivity index (χ3v) is 4.76. The van der Waals surface area contributed by atoms with Gasteiger partial charge in [-0.25, -0.2) is 4.79 Å². The molecule has 1 heterocycles. The van der Waals surface area contributed by atoms with Crippen LogP contribution in [0, 0.1) is 0 Å². The van der Waals surface area contributed by atoms with Gasteiger partial charge >= 0.3 is 6.03 Å². The first-order valence-electron chi connectivity index (χ1n) is 7.88. The number of amides is 3. The molecular formula is C18H23N3O2S. The molecule has 0 saturated heterocycles. The highest BCUT2D eigenvalue weighted by molar-refractivity contribution is 7.10. The number of primary amides is 1. The topological polar surface area (TPSA) is 84.2 Å². The van der Waals surface area contributed by atoms with E-state index < -0.39 is 18.0 Å². The number of benzene rings is 1. The van der Waals surface area contributed by atoms with Gasteiger partial charge in [-0.1, -0.05) is 44.2 Å². The molecule has 3 amide bonds. The lowest BCUT2D eigenvalue weighted by atomic mass is 9.98. The van der Waals surface area contributed by atoms with Crippen molar-refractivity contribution in [2.45, 2.75) is 38.8 Å². The third-order valence-electron chi connectivity index (χ3n) is 3.82. The zero-order valence-corrected chi connectivity index (χ0v) is 14.9. The minimum atomic E-state index is -0.845. The largest absolute Gasteiger partial charge is 0.351 e. The second-order valence-corrected chi connectivity index (χ2v) is 6.99. The predicted molar refractivity (Wildman–Crippen MR) is 97.0 cm³/mol. The molecule has 24 heavy (non-hydrogen) atoms. The second kappa shape index (κ2) is 8.08. The van der Waals surface area contributed by atoms with Gasteiger partial charge in [-0.3, -0.25) is 15.4 Å². The van der Waals surface area contributed by atoms with Crippen LogP contribution in [-0.2, 0) is 4.79 Å². The minimum Gasteiger partial charge on any atom is -0.351 e. The SMILES string of the molecule is CC(C)c1ccc([C@H](N[C@@H](C)C(=O)NC(N)=O)c2cccs2)cc1. The Morgan fingerprint density at radius 2 is 1.67 bits per heavy atom. The van der Waals surface area contributed by atoms with Gasteiger partial charge in [-0.2, -0.15) is 0 Å². The summed E-state index contributed by atoms with van der Waals surface area (Å²) in [6.07, 6.45) is 0. The third kappa shape index (κ3) is 4.66. The molecule has 6 heteroatoms. The Hall–Kier alpha value is -2.18. The van der Waals surface area contributed by atoms with Crippen molar-refractivity contribution >= 4 is 23.3 Å². The van der Waals surface area contributed by atoms with E-state index >= 15 is 0 Å². The Balaban J connectivity index is 2.22. The van der Waals surface area contributed by atoms with Crippen molar-refractivity contribution in [2.24, 2.45) is 5.73 Å². The van der Waals surface area contributed by atoms with Crippen LogP contribution in [0.4, 0.5) is 4.79 Å². The summed E-state index contributed by atoms with van der Waals surface area (Å²) in [7, 11) is 0. The predicted octanol–water partition coefficient (Wildman–Crippen LogP) is 3.13. The van der Waals surface area contributed by atoms with E-state index in [1.54, 1.807) is 18.3 Å². The average Bonchev–Trinajstić information content (AvgIpc) is 3.06. The smallest absolute Gasteiger partial charge is 0.318 e. The van der Waals surface area contributed by atoms with Gasteiger partial charge in [0.15, 0.2) is 0 Å². The van der Waals surface area contributed by atoms with Gasteiger partial charge in [0, 0.05) is 4.88 Å². The van der Waals surface area contributed by atoms with Crippen molar-refractivity contribution in [3.8, 4) is 0 Å². The summed E-state index contributed by atoms with van der Waals surface area (Å²) < 4.78 is 0. The van der Waals surface area contributed by atoms with Crippen LogP contribution in [0.2, 0.25) is 0 Å². The van der Waals surface area contributed by atoms with Gasteiger partial charge in [0.1, 0.15) is 0 Å². The summed E-state index contributed by atoms with van der Waals surface area (Å²) in [6.45, 7) is 6.02. The molecule has 1 aromatic heterocycles. The molecule has 0 unspecified atom stereocenters. The summed E-state index contributed by atoms with van der Waals surface area (Å²) in [5.41, 5.74) is 7.35. The van der Waals surface area contributed by atoms with Crippen LogP contribution in [0.5, 0.6) is 0 Å². The normalized spacial score (nSPS) is 13.5. The first kappa shape index (κ1) is 18.2. The fourth-order valence-corrected chi connectivity index (χ4v) is 3.24. The van der Waals surface area contributed by atoms with Crippen LogP contribution < -0.4 is 16.4 Å². The number of urea groups is 1. The molecule has 0 saturated carbocycles. The standard InChI is InChI=1S/C18H23N3O2S/c1-11(2)13-6-8-14(9-7-13)16(15-5-4-10-24-15)20-12(3)17(22)21-18(19)23/h4-12,16,20H,1-3H3,(H3,19,21,22,23)/t12-,16-/m0/s1. The lowest BCUT2D eigenvalue weighted by Crippen LogP contribution is -2.47. The number of carbonyl (C=O) groups is 2. The van der Waals surface area contributed by atoms with Gasteiger partial charge in [0.05, 0.1) is 12.1 Å². The number of rotatable bonds is 6. The monoisotopic (exact) mass is 345 g/mol. The summed E-state index contributed by atoms with van der Waals surface area (Å²) in [5.74, 6) is 0.0234. The zero-order chi connectivity index (χ0) is 17.7. The van der Waals surface area contributed by atoms with Crippen molar-refractivity contribution in [2.75, 3.05) is 0 Å². The molecule has 2 aromatic rings. The Bertz CT molecular complexity index is 681. The number of hydrogen-bond acceptors (Lipinski definition) is 4. The number of imide groups is 1. The van der Waals surface area contributed by atoms with Crippen molar-refractivity contribution < 1.29 is 9.59 Å². The number of thiophene rings is 1. The van der Waals surface area contributed by atoms with E-state index in [1.165, 1.54) is 5.56 Å². The fourth-order valence-electron chi connectivity index (χ4n) is 2.43. The van der Waals surface area contributed by atoms with Crippen LogP contribution in [0.1, 0.15) is 48.7 Å². The summed E-state index contributed by atoms with van der Waals surface area (Å²) >= 11 is 1.62. The average molecular weight is 345 g/mol. The van der Waals surface area contributed by atoms with Crippen LogP contribution in [0.25, 0.3) is 0 Å². The van der Waals surface area contributed by atoms with E-state index in [9.17, 15) is 9.59 Å². The molecule has 128 valence electrons. The number of nitrogens with two attached hydrogens (primary N) is 1. The molecule has 0 aliphatic rings. The summed E-state index contributed by atoms with van der Waals surface area (Å²) in [6, 6.07) is 10.8. The van der Waals surface area contributed by atoms with Gasteiger partial charge in [-0.15, -0.1) is 11.3 Å². The van der Waals surface area contributed by atoms with E-state index in [-0.39, 0.29) is 6.04 Å². The van der Waals surface area contributed by atoms with Gasteiger partial charge in [-0.05, 0) is 35.4 Å². The molecule has 0 aliphatic heterocycles. The fraction of sp³-hybridized carbons (Fsp3) is 0.333. The van der Waals surface area contributed by atoms with Gasteiger partial charge < -0.3 is 5.73 Å². The maximum absolute atomic E-state index is 12.0. The van der Waals surface area contributed by atoms with E-state index in [0.717, 1.165) is 10.4 Å². The van der Waals surface area contributed by atoms with E-state index in [2.05, 4.69) is 48.7 Å². The molecule has 2 atom stereocenters. The molecule has 0 fully saturated rings. The molecular weight excluding hydrogens is 322 g/mol. The van der Waals surface area contributed by atoms with Crippen LogP contribution in [-0.4, -0.2) is 18.0 Å². The van der Waals surface area contributed by atoms with Crippen molar-refractivity contribution in [3.05, 3.63) is 57.8 Å². The quantitative estimate of drug-likeness (QED) is 0.752. The maximum atomic E-state index is 12.0. The lowest BCUT2D eigenvalue weighted by Gasteiger charge is -2.22. The van der Waals surface area contributed by atoms with E-state index in [1.807, 2.05) is 17.5 Å². The summed E-state index contributed by atoms with van der Waals surface area (Å²) in [4.78, 5) is 23.9. The van der Waals surface area contributed by atoms with Crippen molar-refractivity contribution in [3.63, 3.8) is 0 Å². The first-order valence-corrected chi connectivity index (χ1v) is 8.76. The highest BCUT2D eigenvalue weighted by Crippen LogP contribution is 2.28. The molecule has 1 aromatic carbocycles. The van der Waals surface area contributed by atoms with Crippen molar-refractivity contribution in [1.29, 1.82) is 0 Å². The Kier molecular flexibility index (Phi) is 6.11. The van der Waals surface area contributed by atoms with Gasteiger partial charge in [0.25, 0.3) is 0 Å². The van der Waals surface area contributed by atoms with Crippen LogP contribution >= 0.6 is 11.3 Å². The molecule has 0 radical (unpaired) electrons. The molecule has 0 spiro atoms. The molecule has 4 N–H and O–H groups in total. The number of nitrogens with one attached hydrogen (secondary N) is 2. The molecule has 0 bridgehead atoms. The Labute approximate surface area is 146 Å². The van der Waals surface area contributed by atoms with E-state index in [0.29, 0.717) is 5.92 Å². The highest BCUT2D eigenvalue weighted by atomic mass is 32.1. The number of carbonyl (C=O) groups excluding carboxylic acids is 2. The Morgan fingerprint density at radius 3 is 2.17 bits per heavy atom. The minimum absolute atomic E-state index is 0.125. The Morgan fingerprint density at radius 1 is 1.04 bits per heavy atom. The maximum Gasteiger partial charge on any atom is 0.318 e. The number of hydrogen-bond donors (Lipinski definition) is 3. The molecule has 5 nitrogen and oxygen atoms in total. The van der Waals surface area contributed by atoms with Crippen LogP contribution in [0.15, 0.2) is 41.8 Å². The first-order chi connectivity index (χ1) is 11.4. The highest BCUT2D eigenvalue weighted by Gasteiger charge is 2.22. The van der Waals surface area contributed by atoms with Crippen LogP contribution in [0.3, 0.4) is 0 Å². The second-order valence-electron chi connectivity index (χ2n) is 6.01. The molecule has 0 aliphatic carbocycles.